The Morgan fingerprint density at radius 1 is 1.13 bits per heavy atom. The average molecular weight is 304 g/mol. The maximum Gasteiger partial charge on any atom is 0.163 e. The number of benzene rings is 2. The van der Waals surface area contributed by atoms with Crippen molar-refractivity contribution in [2.45, 2.75) is 31.1 Å². The third-order valence-corrected chi connectivity index (χ3v) is 6.33. The molecule has 0 aromatic heterocycles. The number of allylic oxidation sites excluding steroid dienone is 2. The molecule has 3 atom stereocenters. The van der Waals surface area contributed by atoms with Crippen molar-refractivity contribution in [2.24, 2.45) is 11.8 Å². The second-order valence-electron chi connectivity index (χ2n) is 7.38. The highest BCUT2D eigenvalue weighted by Crippen LogP contribution is 2.58. The first-order valence-electron chi connectivity index (χ1n) is 8.53. The molecule has 2 heteroatoms. The Morgan fingerprint density at radius 2 is 2.04 bits per heavy atom. The van der Waals surface area contributed by atoms with Crippen molar-refractivity contribution in [1.82, 2.24) is 0 Å². The van der Waals surface area contributed by atoms with Gasteiger partial charge in [0.2, 0.25) is 0 Å². The third kappa shape index (κ3) is 1.72. The Kier molecular flexibility index (Phi) is 2.60. The number of rotatable bonds is 1. The Labute approximate surface area is 136 Å². The Hall–Kier alpha value is -2.09. The predicted molar refractivity (Wildman–Crippen MR) is 91.1 cm³/mol. The van der Waals surface area contributed by atoms with E-state index in [1.165, 1.54) is 23.8 Å². The standard InChI is InChI=1S/C21H20O2/c1-23-17-5-3-14-11-19-18(10-15(14)9-17)20(22)6-7-21(19)12-13-2-4-16(21)8-13/h2-5,9-11,13,16H,6-8,12H2,1H3. The molecule has 3 unspecified atom stereocenters. The molecule has 2 aromatic carbocycles. The van der Waals surface area contributed by atoms with E-state index >= 15 is 0 Å². The number of ether oxygens (including phenoxy) is 1. The molecule has 2 nitrogen and oxygen atoms in total. The van der Waals surface area contributed by atoms with E-state index in [0.717, 1.165) is 23.1 Å². The molecule has 116 valence electrons. The van der Waals surface area contributed by atoms with Crippen LogP contribution in [0.2, 0.25) is 0 Å². The van der Waals surface area contributed by atoms with Crippen molar-refractivity contribution in [3.8, 4) is 5.75 Å². The van der Waals surface area contributed by atoms with Crippen molar-refractivity contribution in [2.75, 3.05) is 7.11 Å². The summed E-state index contributed by atoms with van der Waals surface area (Å²) in [7, 11) is 1.68. The highest BCUT2D eigenvalue weighted by molar-refractivity contribution is 6.03. The Balaban J connectivity index is 1.75. The van der Waals surface area contributed by atoms with Crippen molar-refractivity contribution in [3.05, 3.63) is 53.6 Å². The van der Waals surface area contributed by atoms with E-state index in [4.69, 9.17) is 4.74 Å². The van der Waals surface area contributed by atoms with Crippen LogP contribution >= 0.6 is 0 Å². The molecule has 0 N–H and O–H groups in total. The summed E-state index contributed by atoms with van der Waals surface area (Å²) in [6.07, 6.45) is 9.00. The quantitative estimate of drug-likeness (QED) is 0.716. The lowest BCUT2D eigenvalue weighted by Crippen LogP contribution is -2.36. The van der Waals surface area contributed by atoms with Crippen LogP contribution in [0.5, 0.6) is 5.75 Å². The molecule has 0 saturated heterocycles. The predicted octanol–water partition coefficient (Wildman–Crippen LogP) is 4.66. The van der Waals surface area contributed by atoms with Gasteiger partial charge in [0, 0.05) is 17.4 Å². The summed E-state index contributed by atoms with van der Waals surface area (Å²) in [5, 5.41) is 2.32. The van der Waals surface area contributed by atoms with Gasteiger partial charge in [0.1, 0.15) is 5.75 Å². The van der Waals surface area contributed by atoms with E-state index in [9.17, 15) is 4.79 Å². The van der Waals surface area contributed by atoms with Crippen molar-refractivity contribution < 1.29 is 9.53 Å². The number of hydrogen-bond donors (Lipinski definition) is 0. The van der Waals surface area contributed by atoms with Crippen LogP contribution < -0.4 is 4.74 Å². The summed E-state index contributed by atoms with van der Waals surface area (Å²) < 4.78 is 5.33. The van der Waals surface area contributed by atoms with Crippen molar-refractivity contribution >= 4 is 16.6 Å². The number of ketones is 1. The minimum atomic E-state index is 0.205. The van der Waals surface area contributed by atoms with Gasteiger partial charge in [-0.1, -0.05) is 18.2 Å². The monoisotopic (exact) mass is 304 g/mol. The van der Waals surface area contributed by atoms with Crippen molar-refractivity contribution in [1.29, 1.82) is 0 Å². The molecule has 0 heterocycles. The first-order chi connectivity index (χ1) is 11.2. The zero-order valence-corrected chi connectivity index (χ0v) is 13.3. The highest BCUT2D eigenvalue weighted by atomic mass is 16.5. The SMILES string of the molecule is COc1ccc2cc3c(cc2c1)C(=O)CCC31CC2C=CC1C2. The number of carbonyl (C=O) groups excluding carboxylic acids is 1. The Morgan fingerprint density at radius 3 is 2.78 bits per heavy atom. The second kappa shape index (κ2) is 4.47. The van der Waals surface area contributed by atoms with Crippen LogP contribution in [0.3, 0.4) is 0 Å². The first-order valence-corrected chi connectivity index (χ1v) is 8.53. The maximum absolute atomic E-state index is 12.6. The van der Waals surface area contributed by atoms with Gasteiger partial charge in [-0.05, 0) is 71.7 Å². The van der Waals surface area contributed by atoms with Crippen LogP contribution in [0.4, 0.5) is 0 Å². The lowest BCUT2D eigenvalue weighted by atomic mass is 9.62. The van der Waals surface area contributed by atoms with Gasteiger partial charge in [-0.2, -0.15) is 0 Å². The molecule has 3 aliphatic carbocycles. The number of hydrogen-bond acceptors (Lipinski definition) is 2. The zero-order valence-electron chi connectivity index (χ0n) is 13.3. The summed E-state index contributed by atoms with van der Waals surface area (Å²) in [6.45, 7) is 0. The van der Waals surface area contributed by atoms with Gasteiger partial charge in [-0.15, -0.1) is 0 Å². The number of carbonyl (C=O) groups is 1. The molecule has 23 heavy (non-hydrogen) atoms. The summed E-state index contributed by atoms with van der Waals surface area (Å²) in [6, 6.07) is 10.5. The molecule has 1 fully saturated rings. The van der Waals surface area contributed by atoms with E-state index in [1.807, 2.05) is 12.1 Å². The van der Waals surface area contributed by atoms with Gasteiger partial charge in [-0.3, -0.25) is 4.79 Å². The molecular formula is C21H20O2. The molecule has 0 amide bonds. The fourth-order valence-corrected chi connectivity index (χ4v) is 5.20. The van der Waals surface area contributed by atoms with Gasteiger partial charge in [0.05, 0.1) is 7.11 Å². The molecular weight excluding hydrogens is 284 g/mol. The lowest BCUT2D eigenvalue weighted by Gasteiger charge is -2.40. The van der Waals surface area contributed by atoms with Crippen molar-refractivity contribution in [3.63, 3.8) is 0 Å². The topological polar surface area (TPSA) is 26.3 Å². The van der Waals surface area contributed by atoms with Gasteiger partial charge >= 0.3 is 0 Å². The molecule has 2 bridgehead atoms. The Bertz CT molecular complexity index is 864. The van der Waals surface area contributed by atoms with E-state index in [-0.39, 0.29) is 5.41 Å². The maximum atomic E-state index is 12.6. The number of methoxy groups -OCH3 is 1. The highest BCUT2D eigenvalue weighted by Gasteiger charge is 2.52. The van der Waals surface area contributed by atoms with E-state index in [2.05, 4.69) is 30.4 Å². The normalized spacial score (nSPS) is 31.1. The van der Waals surface area contributed by atoms with E-state index in [1.54, 1.807) is 7.11 Å². The molecule has 1 saturated carbocycles. The first kappa shape index (κ1) is 13.4. The fourth-order valence-electron chi connectivity index (χ4n) is 5.20. The lowest BCUT2D eigenvalue weighted by molar-refractivity contribution is 0.0944. The molecule has 2 aromatic rings. The fraction of sp³-hybridized carbons (Fsp3) is 0.381. The number of fused-ring (bicyclic) bond motifs is 6. The van der Waals surface area contributed by atoms with E-state index in [0.29, 0.717) is 24.0 Å². The van der Waals surface area contributed by atoms with Crippen LogP contribution in [0.15, 0.2) is 42.5 Å². The minimum absolute atomic E-state index is 0.205. The zero-order chi connectivity index (χ0) is 15.6. The van der Waals surface area contributed by atoms with Crippen LogP contribution in [-0.2, 0) is 5.41 Å². The van der Waals surface area contributed by atoms with Gasteiger partial charge in [-0.25, -0.2) is 0 Å². The molecule has 0 aliphatic heterocycles. The molecule has 0 radical (unpaired) electrons. The van der Waals surface area contributed by atoms with Crippen LogP contribution in [0.1, 0.15) is 41.6 Å². The van der Waals surface area contributed by atoms with Gasteiger partial charge in [0.25, 0.3) is 0 Å². The van der Waals surface area contributed by atoms with Gasteiger partial charge in [0.15, 0.2) is 5.78 Å². The molecule has 5 rings (SSSR count). The molecule has 3 aliphatic rings. The third-order valence-electron chi connectivity index (χ3n) is 6.33. The summed E-state index contributed by atoms with van der Waals surface area (Å²) in [4.78, 5) is 12.6. The van der Waals surface area contributed by atoms with Crippen LogP contribution in [0, 0.1) is 11.8 Å². The van der Waals surface area contributed by atoms with E-state index < -0.39 is 0 Å². The average Bonchev–Trinajstić information content (AvgIpc) is 3.18. The minimum Gasteiger partial charge on any atom is -0.497 e. The van der Waals surface area contributed by atoms with Crippen LogP contribution in [-0.4, -0.2) is 12.9 Å². The summed E-state index contributed by atoms with van der Waals surface area (Å²) >= 11 is 0. The van der Waals surface area contributed by atoms with Crippen LogP contribution in [0.25, 0.3) is 10.8 Å². The summed E-state index contributed by atoms with van der Waals surface area (Å²) in [5.74, 6) is 2.49. The largest absolute Gasteiger partial charge is 0.497 e. The second-order valence-corrected chi connectivity index (χ2v) is 7.38. The molecule has 1 spiro atoms. The smallest absolute Gasteiger partial charge is 0.163 e. The van der Waals surface area contributed by atoms with Gasteiger partial charge < -0.3 is 4.74 Å². The number of Topliss-reactive ketones (excluding diaryl/α,β-unsaturated/α-hetero) is 1. The summed E-state index contributed by atoms with van der Waals surface area (Å²) in [5.41, 5.74) is 2.47.